The van der Waals surface area contributed by atoms with Gasteiger partial charge in [0.1, 0.15) is 0 Å². The molecule has 2 nitrogen and oxygen atoms in total. The molecule has 0 amide bonds. The van der Waals surface area contributed by atoms with Crippen molar-refractivity contribution in [2.45, 2.75) is 163 Å². The average molecular weight is 635 g/mol. The molecule has 0 saturated heterocycles. The minimum absolute atomic E-state index is 0.956. The molecule has 3 aromatic rings. The third-order valence-electron chi connectivity index (χ3n) is 9.37. The Bertz CT molecular complexity index is 1330. The van der Waals surface area contributed by atoms with Crippen molar-refractivity contribution in [3.63, 3.8) is 0 Å². The van der Waals surface area contributed by atoms with Gasteiger partial charge in [-0.2, -0.15) is 0 Å². The molecule has 0 saturated carbocycles. The second-order valence-electron chi connectivity index (χ2n) is 13.8. The fraction of sp³-hybridized carbons (Fsp3) is 0.556. The number of benzene rings is 3. The van der Waals surface area contributed by atoms with E-state index in [0.717, 1.165) is 42.8 Å². The van der Waals surface area contributed by atoms with Crippen molar-refractivity contribution in [1.82, 2.24) is 0 Å². The Morgan fingerprint density at radius 1 is 0.532 bits per heavy atom. The van der Waals surface area contributed by atoms with Crippen LogP contribution < -0.4 is 0 Å². The van der Waals surface area contributed by atoms with Crippen LogP contribution in [-0.4, -0.2) is 11.9 Å². The molecule has 0 aromatic heterocycles. The topological polar surface area (TPSA) is 24.7 Å². The van der Waals surface area contributed by atoms with Crippen LogP contribution in [0.25, 0.3) is 11.1 Å². The lowest BCUT2D eigenvalue weighted by Crippen LogP contribution is -2.00. The smallest absolute Gasteiger partial charge is 0.0639 e. The quantitative estimate of drug-likeness (QED) is 0.0692. The van der Waals surface area contributed by atoms with Crippen LogP contribution in [0, 0.1) is 0 Å². The van der Waals surface area contributed by atoms with E-state index in [1.54, 1.807) is 0 Å². The van der Waals surface area contributed by atoms with Gasteiger partial charge in [0, 0.05) is 6.21 Å². The van der Waals surface area contributed by atoms with E-state index in [4.69, 9.17) is 9.98 Å². The molecule has 0 spiro atoms. The van der Waals surface area contributed by atoms with Crippen molar-refractivity contribution >= 4 is 23.3 Å². The van der Waals surface area contributed by atoms with Gasteiger partial charge < -0.3 is 0 Å². The highest BCUT2D eigenvalue weighted by molar-refractivity contribution is 6.30. The van der Waals surface area contributed by atoms with Gasteiger partial charge in [-0.05, 0) is 116 Å². The van der Waals surface area contributed by atoms with Crippen molar-refractivity contribution in [1.29, 1.82) is 0 Å². The average Bonchev–Trinajstić information content (AvgIpc) is 3.09. The lowest BCUT2D eigenvalue weighted by molar-refractivity contribution is 0.606. The summed E-state index contributed by atoms with van der Waals surface area (Å²) in [5, 5.41) is 0. The van der Waals surface area contributed by atoms with Crippen LogP contribution >= 0.6 is 0 Å². The number of hydrogen-bond acceptors (Lipinski definition) is 2. The van der Waals surface area contributed by atoms with E-state index in [1.807, 2.05) is 6.21 Å². The van der Waals surface area contributed by atoms with E-state index in [-0.39, 0.29) is 0 Å². The molecular weight excluding hydrogens is 569 g/mol. The Hall–Kier alpha value is -3.00. The number of nitrogens with zero attached hydrogens (tertiary/aromatic N) is 2. The van der Waals surface area contributed by atoms with Gasteiger partial charge >= 0.3 is 0 Å². The van der Waals surface area contributed by atoms with Crippen LogP contribution in [0.15, 0.2) is 70.6 Å². The molecule has 0 aliphatic carbocycles. The van der Waals surface area contributed by atoms with Crippen molar-refractivity contribution in [2.24, 2.45) is 9.98 Å². The van der Waals surface area contributed by atoms with Crippen LogP contribution in [0.5, 0.6) is 0 Å². The number of unbranched alkanes of at least 4 members (excludes halogenated alkanes) is 12. The molecule has 47 heavy (non-hydrogen) atoms. The van der Waals surface area contributed by atoms with Gasteiger partial charge in [-0.15, -0.1) is 0 Å². The highest BCUT2D eigenvalue weighted by Gasteiger charge is 2.13. The maximum Gasteiger partial charge on any atom is 0.0639 e. The molecule has 0 heterocycles. The Morgan fingerprint density at radius 3 is 1.72 bits per heavy atom. The first-order valence-electron chi connectivity index (χ1n) is 19.5. The summed E-state index contributed by atoms with van der Waals surface area (Å²) in [5.74, 6) is 0. The van der Waals surface area contributed by atoms with E-state index in [0.29, 0.717) is 0 Å². The fourth-order valence-corrected chi connectivity index (χ4v) is 6.62. The van der Waals surface area contributed by atoms with Crippen LogP contribution in [0.2, 0.25) is 0 Å². The first-order valence-corrected chi connectivity index (χ1v) is 19.5. The van der Waals surface area contributed by atoms with Crippen molar-refractivity contribution in [3.05, 3.63) is 82.9 Å². The second kappa shape index (κ2) is 23.3. The molecule has 0 fully saturated rings. The van der Waals surface area contributed by atoms with E-state index in [2.05, 4.69) is 95.3 Å². The zero-order chi connectivity index (χ0) is 33.5. The summed E-state index contributed by atoms with van der Waals surface area (Å²) >= 11 is 0. The van der Waals surface area contributed by atoms with Crippen molar-refractivity contribution in [2.75, 3.05) is 0 Å². The fourth-order valence-electron chi connectivity index (χ4n) is 6.62. The Balaban J connectivity index is 1.86. The standard InChI is InChI=1S/C45H66N2/c1-6-10-14-16-18-21-26-39-31-38(25-12-8-3)32-43(33-39)47-37(5)36-46-42-34-41(29-22-19-17-15-11-7-2)44(30-13-9-4)45(35-42)40-27-23-20-24-28-40/h20,23-24,27-28,31-36H,6-19,21-22,25-26,29-30H2,1-5H3. The summed E-state index contributed by atoms with van der Waals surface area (Å²) in [7, 11) is 0. The summed E-state index contributed by atoms with van der Waals surface area (Å²) in [6.07, 6.45) is 27.3. The van der Waals surface area contributed by atoms with E-state index >= 15 is 0 Å². The first-order chi connectivity index (χ1) is 23.1. The Labute approximate surface area is 289 Å². The summed E-state index contributed by atoms with van der Waals surface area (Å²) in [5.41, 5.74) is 11.6. The molecule has 256 valence electrons. The SMILES string of the molecule is CCCCCCCCc1cc(CCCC)cc(N=C(C)C=Nc2cc(CCCCCCCC)c(CCCC)c(-c3ccccc3)c2)c1. The Morgan fingerprint density at radius 2 is 1.09 bits per heavy atom. The Kier molecular flexibility index (Phi) is 19.1. The number of aliphatic imine (C=N–C) groups is 2. The van der Waals surface area contributed by atoms with Gasteiger partial charge in [-0.3, -0.25) is 9.98 Å². The van der Waals surface area contributed by atoms with Gasteiger partial charge in [0.15, 0.2) is 0 Å². The van der Waals surface area contributed by atoms with Gasteiger partial charge in [-0.1, -0.05) is 141 Å². The van der Waals surface area contributed by atoms with Gasteiger partial charge in [-0.25, -0.2) is 0 Å². The predicted molar refractivity (Wildman–Crippen MR) is 211 cm³/mol. The third-order valence-corrected chi connectivity index (χ3v) is 9.37. The lowest BCUT2D eigenvalue weighted by Gasteiger charge is -2.17. The van der Waals surface area contributed by atoms with Gasteiger partial charge in [0.2, 0.25) is 0 Å². The molecular formula is C45H66N2. The van der Waals surface area contributed by atoms with E-state index < -0.39 is 0 Å². The molecule has 3 rings (SSSR count). The van der Waals surface area contributed by atoms with Gasteiger partial charge in [0.25, 0.3) is 0 Å². The second-order valence-corrected chi connectivity index (χ2v) is 13.8. The van der Waals surface area contributed by atoms with Crippen LogP contribution in [0.3, 0.4) is 0 Å². The minimum Gasteiger partial charge on any atom is -0.255 e. The molecule has 0 unspecified atom stereocenters. The number of aryl methyl sites for hydroxylation is 3. The normalized spacial score (nSPS) is 12.0. The zero-order valence-electron chi connectivity index (χ0n) is 30.9. The first kappa shape index (κ1) is 38.4. The van der Waals surface area contributed by atoms with Crippen molar-refractivity contribution < 1.29 is 0 Å². The summed E-state index contributed by atoms with van der Waals surface area (Å²) < 4.78 is 0. The monoisotopic (exact) mass is 635 g/mol. The number of rotatable bonds is 24. The minimum atomic E-state index is 0.956. The van der Waals surface area contributed by atoms with Gasteiger partial charge in [0.05, 0.1) is 17.1 Å². The molecule has 0 aliphatic rings. The molecule has 0 radical (unpaired) electrons. The summed E-state index contributed by atoms with van der Waals surface area (Å²) in [6, 6.07) is 22.7. The molecule has 3 aromatic carbocycles. The summed E-state index contributed by atoms with van der Waals surface area (Å²) in [6.45, 7) is 11.3. The predicted octanol–water partition coefficient (Wildman–Crippen LogP) is 14.3. The molecule has 2 heteroatoms. The van der Waals surface area contributed by atoms with E-state index in [1.165, 1.54) is 136 Å². The zero-order valence-corrected chi connectivity index (χ0v) is 30.9. The lowest BCUT2D eigenvalue weighted by atomic mass is 9.89. The highest BCUT2D eigenvalue weighted by atomic mass is 14.8. The van der Waals surface area contributed by atoms with Crippen LogP contribution in [0.1, 0.15) is 160 Å². The van der Waals surface area contributed by atoms with E-state index in [9.17, 15) is 0 Å². The van der Waals surface area contributed by atoms with Crippen molar-refractivity contribution in [3.8, 4) is 11.1 Å². The third kappa shape index (κ3) is 14.8. The molecule has 0 aliphatic heterocycles. The van der Waals surface area contributed by atoms with Crippen LogP contribution in [-0.2, 0) is 25.7 Å². The molecule has 0 atom stereocenters. The highest BCUT2D eigenvalue weighted by Crippen LogP contribution is 2.34. The van der Waals surface area contributed by atoms with Crippen LogP contribution in [0.4, 0.5) is 11.4 Å². The molecule has 0 bridgehead atoms. The maximum absolute atomic E-state index is 5.09. The number of hydrogen-bond donors (Lipinski definition) is 0. The maximum atomic E-state index is 5.09. The summed E-state index contributed by atoms with van der Waals surface area (Å²) in [4.78, 5) is 10.1. The largest absolute Gasteiger partial charge is 0.255 e. The molecule has 0 N–H and O–H groups in total.